The van der Waals surface area contributed by atoms with E-state index in [0.717, 1.165) is 0 Å². The fourth-order valence-corrected chi connectivity index (χ4v) is 1.40. The predicted octanol–water partition coefficient (Wildman–Crippen LogP) is -1.86. The van der Waals surface area contributed by atoms with E-state index in [0.29, 0.717) is 0 Å². The van der Waals surface area contributed by atoms with Gasteiger partial charge in [0.05, 0.1) is 19.1 Å². The number of hydrogen-bond acceptors (Lipinski definition) is 7. The van der Waals surface area contributed by atoms with Crippen LogP contribution in [0.1, 0.15) is 6.42 Å². The quantitative estimate of drug-likeness (QED) is 0.199. The molecule has 4 N–H and O–H groups in total. The number of carbonyl (C=O) groups is 3. The van der Waals surface area contributed by atoms with Gasteiger partial charge in [0, 0.05) is 0 Å². The molecule has 0 rings (SSSR count). The first-order valence-electron chi connectivity index (χ1n) is 4.24. The van der Waals surface area contributed by atoms with Gasteiger partial charge in [0.2, 0.25) is 11.6 Å². The fraction of sp³-hybridized carbons (Fsp3) is 0.571. The van der Waals surface area contributed by atoms with Crippen molar-refractivity contribution in [3.63, 3.8) is 0 Å². The summed E-state index contributed by atoms with van der Waals surface area (Å²) in [4.78, 5) is 33.3. The van der Waals surface area contributed by atoms with Crippen molar-refractivity contribution in [1.82, 2.24) is 9.81 Å². The van der Waals surface area contributed by atoms with E-state index >= 15 is 0 Å². The molecule has 0 aliphatic heterocycles. The molecule has 0 radical (unpaired) electrons. The minimum Gasteiger partial charge on any atom is -0.481 e. The van der Waals surface area contributed by atoms with E-state index in [1.54, 1.807) is 0 Å². The van der Waals surface area contributed by atoms with E-state index in [1.165, 1.54) is 0 Å². The summed E-state index contributed by atoms with van der Waals surface area (Å²) in [6.07, 6.45) is -0.515. The van der Waals surface area contributed by atoms with Crippen LogP contribution in [0.5, 0.6) is 0 Å². The van der Waals surface area contributed by atoms with Gasteiger partial charge in [-0.15, -0.1) is 0 Å². The van der Waals surface area contributed by atoms with Crippen molar-refractivity contribution in [1.29, 1.82) is 0 Å². The molecule has 0 amide bonds. The number of carboxylic acid groups (broad SMARTS) is 1. The molecule has 0 saturated carbocycles. The minimum absolute atomic E-state index is 0.515. The van der Waals surface area contributed by atoms with Gasteiger partial charge in [-0.3, -0.25) is 24.2 Å². The van der Waals surface area contributed by atoms with Crippen molar-refractivity contribution < 1.29 is 24.6 Å². The maximum absolute atomic E-state index is 11.5. The highest BCUT2D eigenvalue weighted by Crippen LogP contribution is 2.01. The third-order valence-electron chi connectivity index (χ3n) is 1.79. The molecule has 0 aliphatic rings. The van der Waals surface area contributed by atoms with Gasteiger partial charge >= 0.3 is 5.97 Å². The fourth-order valence-electron chi connectivity index (χ4n) is 0.928. The number of aliphatic carboxylic acids is 1. The van der Waals surface area contributed by atoms with Gasteiger partial charge < -0.3 is 10.2 Å². The van der Waals surface area contributed by atoms with Crippen molar-refractivity contribution in [2.45, 2.75) is 18.5 Å². The van der Waals surface area contributed by atoms with Crippen LogP contribution in [0.15, 0.2) is 0 Å². The molecule has 7 nitrogen and oxygen atoms in total. The van der Waals surface area contributed by atoms with Crippen molar-refractivity contribution in [2.75, 3.05) is 6.61 Å². The number of hydrogen-bond donors (Lipinski definition) is 5. The van der Waals surface area contributed by atoms with Crippen LogP contribution >= 0.6 is 22.2 Å². The van der Waals surface area contributed by atoms with Gasteiger partial charge in [0.1, 0.15) is 6.04 Å². The Morgan fingerprint density at radius 3 is 2.06 bits per heavy atom. The minimum atomic E-state index is -1.21. The molecule has 0 aromatic heterocycles. The molecule has 0 saturated heterocycles. The number of nitrogens with one attached hydrogen (secondary N) is 2. The summed E-state index contributed by atoms with van der Waals surface area (Å²) in [7, 11) is 1.97. The zero-order valence-corrected chi connectivity index (χ0v) is 10.3. The summed E-state index contributed by atoms with van der Waals surface area (Å²) >= 11 is 3.57. The first kappa shape index (κ1) is 15.5. The van der Waals surface area contributed by atoms with Crippen molar-refractivity contribution >= 4 is 39.7 Å². The Morgan fingerprint density at radius 2 is 1.75 bits per heavy atom. The van der Waals surface area contributed by atoms with Gasteiger partial charge in [0.25, 0.3) is 0 Å². The molecular formula is C7H13N2O5PS. The lowest BCUT2D eigenvalue weighted by Crippen LogP contribution is -2.46. The Hall–Kier alpha value is -0.530. The topological polar surface area (TPSA) is 116 Å². The van der Waals surface area contributed by atoms with Gasteiger partial charge in [0.15, 0.2) is 0 Å². The number of aliphatic hydroxyl groups is 1. The summed E-state index contributed by atoms with van der Waals surface area (Å²) in [6.45, 7) is -0.593. The zero-order chi connectivity index (χ0) is 12.7. The zero-order valence-electron chi connectivity index (χ0n) is 8.21. The molecule has 0 spiro atoms. The van der Waals surface area contributed by atoms with E-state index in [9.17, 15) is 14.4 Å². The number of Topliss-reactive ketones (excluding diaryl/α,β-unsaturated/α-hetero) is 2. The third kappa shape index (κ3) is 4.54. The van der Waals surface area contributed by atoms with Crippen LogP contribution in [0, 0.1) is 0 Å². The average molecular weight is 268 g/mol. The highest BCUT2D eigenvalue weighted by Gasteiger charge is 2.30. The predicted molar refractivity (Wildman–Crippen MR) is 61.9 cm³/mol. The Morgan fingerprint density at radius 1 is 1.25 bits per heavy atom. The smallest absolute Gasteiger partial charge is 0.305 e. The van der Waals surface area contributed by atoms with Crippen LogP contribution in [-0.4, -0.2) is 46.4 Å². The van der Waals surface area contributed by atoms with Gasteiger partial charge in [-0.1, -0.05) is 22.2 Å². The number of carbonyl (C=O) groups excluding carboxylic acids is 2. The van der Waals surface area contributed by atoms with E-state index in [-0.39, 0.29) is 0 Å². The first-order valence-corrected chi connectivity index (χ1v) is 5.26. The highest BCUT2D eigenvalue weighted by atomic mass is 32.1. The molecule has 92 valence electrons. The van der Waals surface area contributed by atoms with Crippen molar-refractivity contribution in [3.05, 3.63) is 0 Å². The second-order valence-corrected chi connectivity index (χ2v) is 3.50. The summed E-state index contributed by atoms with van der Waals surface area (Å²) in [5, 5.41) is 19.6. The Bertz CT molecular complexity index is 284. The Balaban J connectivity index is 4.61. The number of thiol groups is 1. The van der Waals surface area contributed by atoms with Crippen LogP contribution in [0.25, 0.3) is 0 Å². The van der Waals surface area contributed by atoms with Gasteiger partial charge in [-0.25, -0.2) is 0 Å². The van der Waals surface area contributed by atoms with Crippen LogP contribution in [0.3, 0.4) is 0 Å². The first-order chi connectivity index (χ1) is 7.47. The SMILES string of the molecule is O=C(O)C[C@H](NP)C(=O)C(=O)[C@H](CO)NS. The second-order valence-electron chi connectivity index (χ2n) is 2.91. The molecule has 3 atom stereocenters. The van der Waals surface area contributed by atoms with Gasteiger partial charge in [-0.2, -0.15) is 0 Å². The molecule has 0 bridgehead atoms. The number of carboxylic acids is 1. The van der Waals surface area contributed by atoms with Gasteiger partial charge in [-0.05, 0) is 0 Å². The lowest BCUT2D eigenvalue weighted by atomic mass is 10.0. The summed E-state index contributed by atoms with van der Waals surface area (Å²) in [6, 6.07) is -2.27. The van der Waals surface area contributed by atoms with Crippen LogP contribution in [0.2, 0.25) is 0 Å². The van der Waals surface area contributed by atoms with E-state index < -0.39 is 42.6 Å². The highest BCUT2D eigenvalue weighted by molar-refractivity contribution is 7.78. The molecule has 0 fully saturated rings. The monoisotopic (exact) mass is 268 g/mol. The molecule has 0 aromatic carbocycles. The summed E-state index contributed by atoms with van der Waals surface area (Å²) < 4.78 is 2.16. The average Bonchev–Trinajstić information content (AvgIpc) is 2.26. The number of aliphatic hydroxyl groups excluding tert-OH is 1. The molecule has 9 heteroatoms. The molecular weight excluding hydrogens is 255 g/mol. The van der Waals surface area contributed by atoms with Crippen LogP contribution in [0.4, 0.5) is 0 Å². The molecule has 0 aromatic rings. The van der Waals surface area contributed by atoms with E-state index in [4.69, 9.17) is 10.2 Å². The maximum atomic E-state index is 11.5. The normalized spacial score (nSPS) is 14.2. The lowest BCUT2D eigenvalue weighted by Gasteiger charge is -2.15. The lowest BCUT2D eigenvalue weighted by molar-refractivity contribution is -0.142. The second kappa shape index (κ2) is 7.70. The maximum Gasteiger partial charge on any atom is 0.305 e. The molecule has 1 unspecified atom stereocenters. The molecule has 0 aliphatic carbocycles. The van der Waals surface area contributed by atoms with E-state index in [2.05, 4.69) is 22.6 Å². The molecule has 16 heavy (non-hydrogen) atoms. The Kier molecular flexibility index (Phi) is 7.44. The third-order valence-corrected chi connectivity index (χ3v) is 2.51. The number of ketones is 2. The van der Waals surface area contributed by atoms with Crippen LogP contribution in [-0.2, 0) is 14.4 Å². The van der Waals surface area contributed by atoms with Crippen molar-refractivity contribution in [2.24, 2.45) is 0 Å². The number of rotatable bonds is 8. The summed E-state index contributed by atoms with van der Waals surface area (Å²) in [5.41, 5.74) is 0. The summed E-state index contributed by atoms with van der Waals surface area (Å²) in [5.74, 6) is -3.04. The van der Waals surface area contributed by atoms with Crippen LogP contribution < -0.4 is 9.81 Å². The van der Waals surface area contributed by atoms with E-state index in [1.807, 2.05) is 9.39 Å². The molecule has 0 heterocycles. The largest absolute Gasteiger partial charge is 0.481 e. The Labute approximate surface area is 99.8 Å². The standard InChI is InChI=1S/C7H13N2O5PS/c10-2-4(9-16)7(14)6(13)3(8-15)1-5(11)12/h3-4,8-10,16H,1-2,15H2,(H,11,12)/t3-,4-/m0/s1. The van der Waals surface area contributed by atoms with Crippen molar-refractivity contribution in [3.8, 4) is 0 Å².